The molecule has 0 atom stereocenters. The molecule has 0 saturated carbocycles. The van der Waals surface area contributed by atoms with Crippen molar-refractivity contribution in [2.24, 2.45) is 16.6 Å². The molecule has 4 nitrogen and oxygen atoms in total. The second-order valence-corrected chi connectivity index (χ2v) is 5.78. The lowest BCUT2D eigenvalue weighted by Gasteiger charge is -2.31. The van der Waals surface area contributed by atoms with Crippen LogP contribution in [0.3, 0.4) is 0 Å². The zero-order valence-corrected chi connectivity index (χ0v) is 12.6. The van der Waals surface area contributed by atoms with Gasteiger partial charge < -0.3 is 15.8 Å². The molecule has 1 amide bonds. The van der Waals surface area contributed by atoms with Crippen molar-refractivity contribution < 1.29 is 9.53 Å². The molecule has 0 spiro atoms. The van der Waals surface area contributed by atoms with Crippen molar-refractivity contribution in [1.29, 1.82) is 0 Å². The Hall–Kier alpha value is -0.610. The number of amides is 1. The van der Waals surface area contributed by atoms with Crippen LogP contribution in [0.2, 0.25) is 0 Å². The molecule has 0 aliphatic carbocycles. The maximum atomic E-state index is 12.3. The third kappa shape index (κ3) is 4.94. The van der Waals surface area contributed by atoms with Crippen LogP contribution in [0, 0.1) is 10.8 Å². The molecule has 0 fully saturated rings. The van der Waals surface area contributed by atoms with Crippen molar-refractivity contribution in [1.82, 2.24) is 5.32 Å². The topological polar surface area (TPSA) is 64.4 Å². The quantitative estimate of drug-likeness (QED) is 0.664. The summed E-state index contributed by atoms with van der Waals surface area (Å²) >= 11 is 0. The fraction of sp³-hybridized carbons (Fsp3) is 0.929. The lowest BCUT2D eigenvalue weighted by Crippen LogP contribution is -2.47. The van der Waals surface area contributed by atoms with Crippen LogP contribution in [0.25, 0.3) is 0 Å². The van der Waals surface area contributed by atoms with E-state index in [2.05, 4.69) is 19.2 Å². The van der Waals surface area contributed by atoms with Crippen molar-refractivity contribution in [3.63, 3.8) is 0 Å². The first-order chi connectivity index (χ1) is 8.37. The minimum atomic E-state index is -0.405. The summed E-state index contributed by atoms with van der Waals surface area (Å²) in [7, 11) is 1.70. The minimum Gasteiger partial charge on any atom is -0.385 e. The number of hydrogen-bond acceptors (Lipinski definition) is 3. The van der Waals surface area contributed by atoms with Gasteiger partial charge in [0.2, 0.25) is 5.91 Å². The minimum absolute atomic E-state index is 0.0491. The van der Waals surface area contributed by atoms with E-state index in [0.29, 0.717) is 19.7 Å². The molecule has 0 saturated heterocycles. The molecule has 0 aliphatic rings. The summed E-state index contributed by atoms with van der Waals surface area (Å²) in [4.78, 5) is 12.3. The van der Waals surface area contributed by atoms with Crippen LogP contribution in [0.15, 0.2) is 0 Å². The molecule has 0 aromatic rings. The molecule has 0 heterocycles. The predicted molar refractivity (Wildman–Crippen MR) is 75.4 cm³/mol. The summed E-state index contributed by atoms with van der Waals surface area (Å²) in [6, 6.07) is 0. The smallest absolute Gasteiger partial charge is 0.227 e. The van der Waals surface area contributed by atoms with Gasteiger partial charge in [-0.15, -0.1) is 0 Å². The number of rotatable bonds is 9. The molecule has 4 heteroatoms. The molecule has 0 aliphatic heterocycles. The Kier molecular flexibility index (Phi) is 7.48. The zero-order valence-electron chi connectivity index (χ0n) is 12.6. The molecule has 3 N–H and O–H groups in total. The Balaban J connectivity index is 4.39. The van der Waals surface area contributed by atoms with E-state index in [1.165, 1.54) is 0 Å². The van der Waals surface area contributed by atoms with Gasteiger partial charge >= 0.3 is 0 Å². The summed E-state index contributed by atoms with van der Waals surface area (Å²) in [6.07, 6.45) is 2.49. The summed E-state index contributed by atoms with van der Waals surface area (Å²) in [5.74, 6) is 0.0838. The monoisotopic (exact) mass is 258 g/mol. The fourth-order valence-electron chi connectivity index (χ4n) is 1.93. The lowest BCUT2D eigenvalue weighted by atomic mass is 9.81. The normalized spacial score (nSPS) is 12.6. The Morgan fingerprint density at radius 2 is 1.83 bits per heavy atom. The van der Waals surface area contributed by atoms with E-state index in [0.717, 1.165) is 19.3 Å². The number of nitrogens with one attached hydrogen (secondary N) is 1. The third-order valence-electron chi connectivity index (χ3n) is 3.94. The predicted octanol–water partition coefficient (Wildman–Crippen LogP) is 1.93. The highest BCUT2D eigenvalue weighted by atomic mass is 16.5. The summed E-state index contributed by atoms with van der Waals surface area (Å²) in [6.45, 7) is 10.1. The first-order valence-corrected chi connectivity index (χ1v) is 6.84. The highest BCUT2D eigenvalue weighted by molar-refractivity contribution is 5.82. The van der Waals surface area contributed by atoms with E-state index in [-0.39, 0.29) is 11.3 Å². The second-order valence-electron chi connectivity index (χ2n) is 5.78. The van der Waals surface area contributed by atoms with E-state index in [1.807, 2.05) is 13.8 Å². The average molecular weight is 258 g/mol. The zero-order chi connectivity index (χ0) is 14.2. The van der Waals surface area contributed by atoms with Crippen molar-refractivity contribution in [3.8, 4) is 0 Å². The van der Waals surface area contributed by atoms with E-state index >= 15 is 0 Å². The average Bonchev–Trinajstić information content (AvgIpc) is 2.37. The molecule has 0 radical (unpaired) electrons. The second kappa shape index (κ2) is 7.74. The molecule has 0 bridgehead atoms. The van der Waals surface area contributed by atoms with Crippen molar-refractivity contribution in [2.45, 2.75) is 47.0 Å². The standard InChI is InChI=1S/C14H30N2O2/c1-6-14(7-2,10-15)12(17)16-11-13(3,4)8-9-18-5/h6-11,15H2,1-5H3,(H,16,17). The molecule has 18 heavy (non-hydrogen) atoms. The molecular formula is C14H30N2O2. The van der Waals surface area contributed by atoms with Crippen LogP contribution >= 0.6 is 0 Å². The van der Waals surface area contributed by atoms with Gasteiger partial charge in [0.15, 0.2) is 0 Å². The number of nitrogens with two attached hydrogens (primary N) is 1. The molecular weight excluding hydrogens is 228 g/mol. The maximum absolute atomic E-state index is 12.3. The van der Waals surface area contributed by atoms with E-state index in [4.69, 9.17) is 10.5 Å². The maximum Gasteiger partial charge on any atom is 0.227 e. The molecule has 0 rings (SSSR count). The molecule has 108 valence electrons. The van der Waals surface area contributed by atoms with Crippen LogP contribution in [0.1, 0.15) is 47.0 Å². The molecule has 0 unspecified atom stereocenters. The van der Waals surface area contributed by atoms with Gasteiger partial charge in [0.25, 0.3) is 0 Å². The number of carbonyl (C=O) groups is 1. The Bertz CT molecular complexity index is 240. The number of methoxy groups -OCH3 is 1. The third-order valence-corrected chi connectivity index (χ3v) is 3.94. The van der Waals surface area contributed by atoms with Crippen LogP contribution in [-0.4, -0.2) is 32.7 Å². The van der Waals surface area contributed by atoms with Gasteiger partial charge in [-0.2, -0.15) is 0 Å². The summed E-state index contributed by atoms with van der Waals surface area (Å²) in [5.41, 5.74) is 5.41. The highest BCUT2D eigenvalue weighted by Crippen LogP contribution is 2.26. The van der Waals surface area contributed by atoms with Gasteiger partial charge in [-0.05, 0) is 24.7 Å². The first kappa shape index (κ1) is 17.4. The Morgan fingerprint density at radius 3 is 2.22 bits per heavy atom. The van der Waals surface area contributed by atoms with Crippen molar-refractivity contribution >= 4 is 5.91 Å². The van der Waals surface area contributed by atoms with E-state index in [1.54, 1.807) is 7.11 Å². The van der Waals surface area contributed by atoms with Gasteiger partial charge in [0.05, 0.1) is 5.41 Å². The van der Waals surface area contributed by atoms with Crippen LogP contribution < -0.4 is 11.1 Å². The number of carbonyl (C=O) groups excluding carboxylic acids is 1. The van der Waals surface area contributed by atoms with E-state index < -0.39 is 5.41 Å². The fourth-order valence-corrected chi connectivity index (χ4v) is 1.93. The summed E-state index contributed by atoms with van der Waals surface area (Å²) in [5, 5.41) is 3.05. The number of ether oxygens (including phenoxy) is 1. The van der Waals surface area contributed by atoms with Crippen LogP contribution in [0.5, 0.6) is 0 Å². The van der Waals surface area contributed by atoms with Gasteiger partial charge in [0, 0.05) is 26.8 Å². The van der Waals surface area contributed by atoms with Gasteiger partial charge in [-0.1, -0.05) is 27.7 Å². The van der Waals surface area contributed by atoms with Gasteiger partial charge in [-0.3, -0.25) is 4.79 Å². The SMILES string of the molecule is CCC(CC)(CN)C(=O)NCC(C)(C)CCOC. The van der Waals surface area contributed by atoms with Crippen LogP contribution in [0.4, 0.5) is 0 Å². The van der Waals surface area contributed by atoms with Gasteiger partial charge in [-0.25, -0.2) is 0 Å². The Morgan fingerprint density at radius 1 is 1.28 bits per heavy atom. The molecule has 0 aromatic heterocycles. The lowest BCUT2D eigenvalue weighted by molar-refractivity contribution is -0.131. The first-order valence-electron chi connectivity index (χ1n) is 6.84. The number of hydrogen-bond donors (Lipinski definition) is 2. The van der Waals surface area contributed by atoms with Gasteiger partial charge in [0.1, 0.15) is 0 Å². The molecule has 0 aromatic carbocycles. The van der Waals surface area contributed by atoms with Crippen molar-refractivity contribution in [2.75, 3.05) is 26.8 Å². The van der Waals surface area contributed by atoms with Crippen LogP contribution in [-0.2, 0) is 9.53 Å². The van der Waals surface area contributed by atoms with Crippen molar-refractivity contribution in [3.05, 3.63) is 0 Å². The summed E-state index contributed by atoms with van der Waals surface area (Å²) < 4.78 is 5.08. The highest BCUT2D eigenvalue weighted by Gasteiger charge is 2.34. The van der Waals surface area contributed by atoms with E-state index in [9.17, 15) is 4.79 Å². The largest absolute Gasteiger partial charge is 0.385 e. The Labute approximate surface area is 112 Å².